The van der Waals surface area contributed by atoms with Gasteiger partial charge in [-0.25, -0.2) is 0 Å². The molecule has 0 fully saturated rings. The highest BCUT2D eigenvalue weighted by atomic mass is 15.1. The predicted octanol–water partition coefficient (Wildman–Crippen LogP) is 16.8. The molecule has 1 nitrogen and oxygen atoms in total. The molecular weight excluding hydrogens is 783 g/mol. The summed E-state index contributed by atoms with van der Waals surface area (Å²) in [6.45, 7) is 4.73. The van der Waals surface area contributed by atoms with Gasteiger partial charge in [0.1, 0.15) is 0 Å². The van der Waals surface area contributed by atoms with E-state index >= 15 is 0 Å². The van der Waals surface area contributed by atoms with Crippen molar-refractivity contribution in [3.05, 3.63) is 270 Å². The molecule has 3 aliphatic carbocycles. The number of rotatable bonds is 6. The Hall–Kier alpha value is -8.00. The lowest BCUT2D eigenvalue weighted by Crippen LogP contribution is -2.26. The number of hydrogen-bond donors (Lipinski definition) is 0. The largest absolute Gasteiger partial charge is 0.310 e. The highest BCUT2D eigenvalue weighted by Gasteiger charge is 2.52. The number of nitrogens with zero attached hydrogens (tertiary/aromatic N) is 1. The summed E-state index contributed by atoms with van der Waals surface area (Å²) in [5, 5.41) is 0. The minimum atomic E-state index is -0.427. The lowest BCUT2D eigenvalue weighted by atomic mass is 9.68. The lowest BCUT2D eigenvalue weighted by molar-refractivity contribution is 0.660. The maximum Gasteiger partial charge on any atom is 0.0731 e. The van der Waals surface area contributed by atoms with Gasteiger partial charge >= 0.3 is 0 Å². The molecule has 1 spiro atoms. The van der Waals surface area contributed by atoms with E-state index in [4.69, 9.17) is 0 Å². The Morgan fingerprint density at radius 3 is 1.42 bits per heavy atom. The van der Waals surface area contributed by atoms with Gasteiger partial charge in [0, 0.05) is 22.4 Å². The summed E-state index contributed by atoms with van der Waals surface area (Å²) in [6, 6.07) is 88.2. The number of para-hydroxylation sites is 1. The van der Waals surface area contributed by atoms with Gasteiger partial charge in [0.2, 0.25) is 0 Å². The van der Waals surface area contributed by atoms with Gasteiger partial charge in [-0.1, -0.05) is 214 Å². The predicted molar refractivity (Wildman–Crippen MR) is 271 cm³/mol. The lowest BCUT2D eigenvalue weighted by Gasteiger charge is -2.32. The molecule has 10 aromatic carbocycles. The zero-order valence-electron chi connectivity index (χ0n) is 36.5. The van der Waals surface area contributed by atoms with Gasteiger partial charge in [-0.3, -0.25) is 0 Å². The van der Waals surface area contributed by atoms with E-state index in [0.29, 0.717) is 0 Å². The third-order valence-corrected chi connectivity index (χ3v) is 14.7. The van der Waals surface area contributed by atoms with E-state index in [2.05, 4.69) is 255 Å². The molecule has 0 aliphatic heterocycles. The summed E-state index contributed by atoms with van der Waals surface area (Å²) in [5.41, 5.74) is 26.1. The molecule has 3 aliphatic rings. The van der Waals surface area contributed by atoms with Crippen LogP contribution in [-0.4, -0.2) is 0 Å². The minimum absolute atomic E-state index is 0.130. The topological polar surface area (TPSA) is 3.24 Å². The average molecular weight is 828 g/mol. The third kappa shape index (κ3) is 5.39. The molecule has 0 saturated carbocycles. The summed E-state index contributed by atoms with van der Waals surface area (Å²) in [5.74, 6) is 0. The van der Waals surface area contributed by atoms with E-state index in [1.165, 1.54) is 100 Å². The van der Waals surface area contributed by atoms with Crippen LogP contribution in [0.5, 0.6) is 0 Å². The van der Waals surface area contributed by atoms with Crippen molar-refractivity contribution in [3.8, 4) is 66.8 Å². The highest BCUT2D eigenvalue weighted by molar-refractivity contribution is 5.99. The van der Waals surface area contributed by atoms with Crippen LogP contribution in [0.4, 0.5) is 17.1 Å². The molecule has 306 valence electrons. The fourth-order valence-electron chi connectivity index (χ4n) is 11.9. The molecule has 0 aromatic heterocycles. The maximum absolute atomic E-state index is 2.47. The van der Waals surface area contributed by atoms with E-state index in [1.54, 1.807) is 0 Å². The van der Waals surface area contributed by atoms with Crippen LogP contribution in [0.3, 0.4) is 0 Å². The smallest absolute Gasteiger partial charge is 0.0731 e. The molecule has 0 unspecified atom stereocenters. The Bertz CT molecular complexity index is 3470. The number of anilines is 3. The molecule has 1 heteroatoms. The maximum atomic E-state index is 2.47. The van der Waals surface area contributed by atoms with Crippen molar-refractivity contribution < 1.29 is 0 Å². The second-order valence-corrected chi connectivity index (χ2v) is 18.4. The summed E-state index contributed by atoms with van der Waals surface area (Å²) >= 11 is 0. The SMILES string of the molecule is CC1(C)c2ccccc2-c2ccc(N(c3cccc(-c4cccc(-c5cccc6c5C5(c7ccccc7-c7ccccc75)c5ccccc5-6)c4)c3)c3ccccc3-c3ccccc3)cc21. The Morgan fingerprint density at radius 1 is 0.277 bits per heavy atom. The Labute approximate surface area is 381 Å². The first-order valence-electron chi connectivity index (χ1n) is 22.8. The Kier molecular flexibility index (Phi) is 8.24. The molecule has 10 aromatic rings. The monoisotopic (exact) mass is 827 g/mol. The summed E-state index contributed by atoms with van der Waals surface area (Å²) in [4.78, 5) is 2.47. The minimum Gasteiger partial charge on any atom is -0.310 e. The highest BCUT2D eigenvalue weighted by Crippen LogP contribution is 2.64. The van der Waals surface area contributed by atoms with Crippen molar-refractivity contribution in [1.82, 2.24) is 0 Å². The van der Waals surface area contributed by atoms with Crippen LogP contribution in [0.2, 0.25) is 0 Å². The second-order valence-electron chi connectivity index (χ2n) is 18.4. The molecule has 13 rings (SSSR count). The van der Waals surface area contributed by atoms with E-state index in [9.17, 15) is 0 Å². The Morgan fingerprint density at radius 2 is 0.723 bits per heavy atom. The van der Waals surface area contributed by atoms with Crippen LogP contribution in [0.15, 0.2) is 237 Å². The third-order valence-electron chi connectivity index (χ3n) is 14.7. The van der Waals surface area contributed by atoms with E-state index in [0.717, 1.165) is 17.1 Å². The zero-order valence-corrected chi connectivity index (χ0v) is 36.5. The molecule has 0 radical (unpaired) electrons. The molecule has 0 amide bonds. The quantitative estimate of drug-likeness (QED) is 0.161. The van der Waals surface area contributed by atoms with Crippen LogP contribution >= 0.6 is 0 Å². The van der Waals surface area contributed by atoms with Crippen molar-refractivity contribution in [1.29, 1.82) is 0 Å². The van der Waals surface area contributed by atoms with E-state index in [1.807, 2.05) is 0 Å². The van der Waals surface area contributed by atoms with Crippen molar-refractivity contribution >= 4 is 17.1 Å². The molecule has 65 heavy (non-hydrogen) atoms. The molecule has 0 heterocycles. The van der Waals surface area contributed by atoms with Gasteiger partial charge < -0.3 is 4.90 Å². The first-order chi connectivity index (χ1) is 32.0. The first-order valence-corrected chi connectivity index (χ1v) is 22.8. The fourth-order valence-corrected chi connectivity index (χ4v) is 11.9. The van der Waals surface area contributed by atoms with Gasteiger partial charge in [0.15, 0.2) is 0 Å². The van der Waals surface area contributed by atoms with Crippen LogP contribution in [0.25, 0.3) is 66.8 Å². The van der Waals surface area contributed by atoms with Crippen molar-refractivity contribution in [2.75, 3.05) is 4.90 Å². The van der Waals surface area contributed by atoms with Crippen molar-refractivity contribution in [3.63, 3.8) is 0 Å². The number of benzene rings is 10. The number of hydrogen-bond acceptors (Lipinski definition) is 1. The molecule has 0 N–H and O–H groups in total. The molecular formula is C64H45N. The molecule has 0 atom stereocenters. The van der Waals surface area contributed by atoms with Crippen LogP contribution in [0.1, 0.15) is 47.2 Å². The molecule has 0 saturated heterocycles. The van der Waals surface area contributed by atoms with Crippen molar-refractivity contribution in [2.45, 2.75) is 24.7 Å². The van der Waals surface area contributed by atoms with Crippen LogP contribution in [0, 0.1) is 0 Å². The zero-order chi connectivity index (χ0) is 43.3. The van der Waals surface area contributed by atoms with Crippen LogP contribution in [-0.2, 0) is 10.8 Å². The Balaban J connectivity index is 0.979. The normalized spacial score (nSPS) is 13.9. The van der Waals surface area contributed by atoms with Gasteiger partial charge in [0.25, 0.3) is 0 Å². The summed E-state index contributed by atoms with van der Waals surface area (Å²) in [6.07, 6.45) is 0. The summed E-state index contributed by atoms with van der Waals surface area (Å²) in [7, 11) is 0. The van der Waals surface area contributed by atoms with Gasteiger partial charge in [-0.15, -0.1) is 0 Å². The average Bonchev–Trinajstić information content (AvgIpc) is 3.93. The van der Waals surface area contributed by atoms with Crippen LogP contribution < -0.4 is 4.90 Å². The standard InChI is InChI=1S/C64H45N/c1-63(2)56-32-11-6-26-50(56)54-38-37-47(41-60(54)63)65(61-36-15-10-25-48(61)42-19-4-3-5-20-42)46-24-17-22-44(40-46)43-21-16-23-45(39-43)49-30-18-31-55-53-29-9-14-35-59(53)64(62(49)55)57-33-12-7-27-51(57)52-28-8-13-34-58(52)64/h3-41H,1-2H3. The molecule has 0 bridgehead atoms. The van der Waals surface area contributed by atoms with Gasteiger partial charge in [0.05, 0.1) is 11.1 Å². The fraction of sp³-hybridized carbons (Fsp3) is 0.0625. The van der Waals surface area contributed by atoms with Gasteiger partial charge in [-0.2, -0.15) is 0 Å². The second kappa shape index (κ2) is 14.3. The van der Waals surface area contributed by atoms with E-state index < -0.39 is 5.41 Å². The van der Waals surface area contributed by atoms with Gasteiger partial charge in [-0.05, 0) is 131 Å². The summed E-state index contributed by atoms with van der Waals surface area (Å²) < 4.78 is 0. The van der Waals surface area contributed by atoms with Crippen molar-refractivity contribution in [2.24, 2.45) is 0 Å². The number of fused-ring (bicyclic) bond motifs is 13. The van der Waals surface area contributed by atoms with E-state index in [-0.39, 0.29) is 5.41 Å². The first kappa shape index (κ1) is 37.5.